The number of carboxylic acid groups (broad SMARTS) is 1. The van der Waals surface area contributed by atoms with Gasteiger partial charge in [-0.1, -0.05) is 79.4 Å². The van der Waals surface area contributed by atoms with Crippen LogP contribution in [-0.4, -0.2) is 90.6 Å². The van der Waals surface area contributed by atoms with Crippen molar-refractivity contribution in [1.82, 2.24) is 25.6 Å². The van der Waals surface area contributed by atoms with Crippen LogP contribution in [0.5, 0.6) is 0 Å². The molecule has 1 atom stereocenters. The van der Waals surface area contributed by atoms with E-state index in [0.29, 0.717) is 45.6 Å². The zero-order valence-electron chi connectivity index (χ0n) is 24.7. The van der Waals surface area contributed by atoms with E-state index in [-0.39, 0.29) is 38.0 Å². The second kappa shape index (κ2) is 21.5. The van der Waals surface area contributed by atoms with E-state index in [0.717, 1.165) is 11.1 Å². The molecule has 0 aliphatic rings. The summed E-state index contributed by atoms with van der Waals surface area (Å²) in [4.78, 5) is 49.5. The minimum absolute atomic E-state index is 0.0559. The summed E-state index contributed by atoms with van der Waals surface area (Å²) in [5, 5.41) is 11.5. The average Bonchev–Trinajstić information content (AvgIpc) is 2.98. The zero-order chi connectivity index (χ0) is 31.2. The standard InChI is InChI=1S/C30H41N5O4.CH2O2/c1-5-10-28(30(38)33(4)18-19-39-22-27-15-13-25(3)14-16-27)35(23-31-20-26-11-8-7-9-12-26)29(37)21-34(17-6-2)32-24-36;2-1-3/h2,7-9,11-16,24,28,31H,5,10,17-23H2,1,3-4H3,(H,32,36);1H,(H,2,3). The Morgan fingerprint density at radius 3 is 2.36 bits per heavy atom. The van der Waals surface area contributed by atoms with Crippen molar-refractivity contribution in [3.8, 4) is 12.3 Å². The van der Waals surface area contributed by atoms with Crippen LogP contribution < -0.4 is 10.7 Å². The molecule has 0 aliphatic heterocycles. The normalized spacial score (nSPS) is 10.9. The number of hydrogen-bond acceptors (Lipinski definition) is 7. The number of nitrogens with one attached hydrogen (secondary N) is 2. The van der Waals surface area contributed by atoms with Gasteiger partial charge < -0.3 is 19.6 Å². The van der Waals surface area contributed by atoms with Crippen LogP contribution in [0.25, 0.3) is 0 Å². The lowest BCUT2D eigenvalue weighted by Crippen LogP contribution is -2.56. The molecule has 2 aromatic carbocycles. The van der Waals surface area contributed by atoms with Crippen LogP contribution in [-0.2, 0) is 37.1 Å². The predicted octanol–water partition coefficient (Wildman–Crippen LogP) is 2.01. The fraction of sp³-hybridized carbons (Fsp3) is 0.419. The topological polar surface area (TPSA) is 132 Å². The number of carbonyl (C=O) groups excluding carboxylic acids is 3. The van der Waals surface area contributed by atoms with Gasteiger partial charge in [0.2, 0.25) is 18.2 Å². The molecule has 0 heterocycles. The van der Waals surface area contributed by atoms with Crippen molar-refractivity contribution in [2.24, 2.45) is 0 Å². The fourth-order valence-corrected chi connectivity index (χ4v) is 4.00. The predicted molar refractivity (Wildman–Crippen MR) is 160 cm³/mol. The molecule has 0 bridgehead atoms. The van der Waals surface area contributed by atoms with Gasteiger partial charge in [0.1, 0.15) is 6.04 Å². The maximum Gasteiger partial charge on any atom is 0.290 e. The van der Waals surface area contributed by atoms with Gasteiger partial charge in [-0.3, -0.25) is 29.9 Å². The van der Waals surface area contributed by atoms with Crippen molar-refractivity contribution < 1.29 is 29.0 Å². The lowest BCUT2D eigenvalue weighted by atomic mass is 10.1. The van der Waals surface area contributed by atoms with Crippen molar-refractivity contribution >= 4 is 24.7 Å². The number of nitrogens with zero attached hydrogens (tertiary/aromatic N) is 3. The number of terminal acetylenes is 1. The zero-order valence-corrected chi connectivity index (χ0v) is 24.7. The Balaban J connectivity index is 0.00000281. The number of carbonyl (C=O) groups is 4. The molecular weight excluding hydrogens is 538 g/mol. The summed E-state index contributed by atoms with van der Waals surface area (Å²) in [6.45, 7) is 5.57. The maximum absolute atomic E-state index is 13.6. The number of hydrogen-bond donors (Lipinski definition) is 3. The van der Waals surface area contributed by atoms with Gasteiger partial charge >= 0.3 is 0 Å². The lowest BCUT2D eigenvalue weighted by Gasteiger charge is -2.35. The van der Waals surface area contributed by atoms with Gasteiger partial charge in [-0.2, -0.15) is 0 Å². The van der Waals surface area contributed by atoms with Crippen LogP contribution in [0.2, 0.25) is 0 Å². The number of rotatable bonds is 18. The van der Waals surface area contributed by atoms with Crippen LogP contribution >= 0.6 is 0 Å². The van der Waals surface area contributed by atoms with E-state index in [9.17, 15) is 14.4 Å². The molecule has 0 aliphatic carbocycles. The van der Waals surface area contributed by atoms with Crippen molar-refractivity contribution in [2.75, 3.05) is 40.0 Å². The first-order valence-corrected chi connectivity index (χ1v) is 13.7. The van der Waals surface area contributed by atoms with E-state index in [4.69, 9.17) is 21.1 Å². The highest BCUT2D eigenvalue weighted by atomic mass is 16.5. The van der Waals surface area contributed by atoms with Crippen LogP contribution in [0.4, 0.5) is 0 Å². The van der Waals surface area contributed by atoms with Gasteiger partial charge in [-0.15, -0.1) is 6.42 Å². The van der Waals surface area contributed by atoms with Gasteiger partial charge in [0.25, 0.3) is 6.47 Å². The SMILES string of the molecule is C#CCN(CC(=O)N(CNCc1ccccc1)C(CCC)C(=O)N(C)CCOCc1ccc(C)cc1)NC=O.O=CO. The molecule has 0 fully saturated rings. The monoisotopic (exact) mass is 581 g/mol. The van der Waals surface area contributed by atoms with Crippen molar-refractivity contribution in [3.63, 3.8) is 0 Å². The molecule has 0 aromatic heterocycles. The Kier molecular flexibility index (Phi) is 18.3. The van der Waals surface area contributed by atoms with Crippen LogP contribution in [0.3, 0.4) is 0 Å². The van der Waals surface area contributed by atoms with Gasteiger partial charge in [0, 0.05) is 20.1 Å². The molecule has 1 unspecified atom stereocenters. The van der Waals surface area contributed by atoms with Gasteiger partial charge in [0.15, 0.2) is 0 Å². The van der Waals surface area contributed by atoms with Crippen LogP contribution in [0.15, 0.2) is 54.6 Å². The molecule has 11 nitrogen and oxygen atoms in total. The van der Waals surface area contributed by atoms with E-state index in [1.165, 1.54) is 15.5 Å². The van der Waals surface area contributed by atoms with Crippen molar-refractivity contribution in [3.05, 3.63) is 71.3 Å². The summed E-state index contributed by atoms with van der Waals surface area (Å²) in [6, 6.07) is 17.2. The summed E-state index contributed by atoms with van der Waals surface area (Å²) < 4.78 is 5.79. The van der Waals surface area contributed by atoms with Gasteiger partial charge in [-0.25, -0.2) is 5.01 Å². The Labute approximate surface area is 248 Å². The first-order valence-electron chi connectivity index (χ1n) is 13.7. The van der Waals surface area contributed by atoms with Crippen LogP contribution in [0, 0.1) is 19.3 Å². The van der Waals surface area contributed by atoms with Crippen LogP contribution in [0.1, 0.15) is 36.5 Å². The largest absolute Gasteiger partial charge is 0.483 e. The summed E-state index contributed by atoms with van der Waals surface area (Å²) in [7, 11) is 1.72. The number of ether oxygens (including phenoxy) is 1. The Bertz CT molecular complexity index is 1110. The maximum atomic E-state index is 13.6. The third-order valence-electron chi connectivity index (χ3n) is 6.18. The molecule has 11 heteroatoms. The lowest BCUT2D eigenvalue weighted by molar-refractivity contribution is -0.147. The second-order valence-corrected chi connectivity index (χ2v) is 9.45. The summed E-state index contributed by atoms with van der Waals surface area (Å²) >= 11 is 0. The van der Waals surface area contributed by atoms with E-state index in [1.807, 2.05) is 68.4 Å². The molecule has 2 rings (SSSR count). The summed E-state index contributed by atoms with van der Waals surface area (Å²) in [6.07, 6.45) is 7.06. The second-order valence-electron chi connectivity index (χ2n) is 9.45. The quantitative estimate of drug-likeness (QED) is 0.0801. The number of likely N-dealkylation sites (N-methyl/N-ethyl adjacent to an activating group) is 1. The molecule has 0 saturated heterocycles. The molecule has 3 N–H and O–H groups in total. The van der Waals surface area contributed by atoms with E-state index < -0.39 is 6.04 Å². The summed E-state index contributed by atoms with van der Waals surface area (Å²) in [5.41, 5.74) is 5.77. The average molecular weight is 582 g/mol. The molecular formula is C31H43N5O6. The molecule has 228 valence electrons. The third-order valence-corrected chi connectivity index (χ3v) is 6.18. The number of amides is 3. The Hall–Kier alpha value is -4.24. The highest BCUT2D eigenvalue weighted by Crippen LogP contribution is 2.12. The van der Waals surface area contributed by atoms with E-state index >= 15 is 0 Å². The number of aryl methyl sites for hydroxylation is 1. The third kappa shape index (κ3) is 13.9. The highest BCUT2D eigenvalue weighted by molar-refractivity contribution is 5.88. The minimum Gasteiger partial charge on any atom is -0.483 e. The highest BCUT2D eigenvalue weighted by Gasteiger charge is 2.31. The smallest absolute Gasteiger partial charge is 0.290 e. The Morgan fingerprint density at radius 2 is 1.76 bits per heavy atom. The first-order chi connectivity index (χ1) is 20.3. The van der Waals surface area contributed by atoms with Crippen molar-refractivity contribution in [1.29, 1.82) is 0 Å². The summed E-state index contributed by atoms with van der Waals surface area (Å²) in [5.74, 6) is 1.94. The number of benzene rings is 2. The van der Waals surface area contributed by atoms with E-state index in [2.05, 4.69) is 16.7 Å². The molecule has 3 amide bonds. The molecule has 0 spiro atoms. The first kappa shape index (κ1) is 35.8. The molecule has 42 heavy (non-hydrogen) atoms. The van der Waals surface area contributed by atoms with Gasteiger partial charge in [-0.05, 0) is 24.5 Å². The number of hydrazine groups is 1. The Morgan fingerprint density at radius 1 is 1.10 bits per heavy atom. The fourth-order valence-electron chi connectivity index (χ4n) is 4.00. The molecule has 2 aromatic rings. The van der Waals surface area contributed by atoms with Crippen molar-refractivity contribution in [2.45, 2.75) is 45.9 Å². The molecule has 0 saturated carbocycles. The minimum atomic E-state index is -0.684. The van der Waals surface area contributed by atoms with E-state index in [1.54, 1.807) is 11.9 Å². The van der Waals surface area contributed by atoms with Gasteiger partial charge in [0.05, 0.1) is 33.0 Å². The molecule has 0 radical (unpaired) electrons.